The van der Waals surface area contributed by atoms with Crippen molar-refractivity contribution in [1.29, 1.82) is 0 Å². The number of nitrogens with two attached hydrogens (primary N) is 3. The summed E-state index contributed by atoms with van der Waals surface area (Å²) in [5, 5.41) is 0. The van der Waals surface area contributed by atoms with Gasteiger partial charge in [-0.05, 0) is 0 Å². The molecule has 0 aliphatic carbocycles. The lowest BCUT2D eigenvalue weighted by molar-refractivity contribution is -0.238. The molecule has 0 fully saturated rings. The van der Waals surface area contributed by atoms with Gasteiger partial charge >= 0.3 is 5.97 Å². The number of carbonyl (C=O) groups is 1. The third-order valence-corrected chi connectivity index (χ3v) is 1.71. The summed E-state index contributed by atoms with van der Waals surface area (Å²) >= 11 is 0. The molecule has 0 aliphatic heterocycles. The fourth-order valence-electron chi connectivity index (χ4n) is 0.950. The molecule has 0 rings (SSSR count). The van der Waals surface area contributed by atoms with E-state index in [0.717, 1.165) is 0 Å². The first-order valence-electron chi connectivity index (χ1n) is 5.16. The van der Waals surface area contributed by atoms with Crippen molar-refractivity contribution >= 4 is 5.97 Å². The Morgan fingerprint density at radius 2 is 1.44 bits per heavy atom. The van der Waals surface area contributed by atoms with Gasteiger partial charge in [-0.15, -0.1) is 0 Å². The van der Waals surface area contributed by atoms with E-state index >= 15 is 0 Å². The van der Waals surface area contributed by atoms with E-state index in [-0.39, 0.29) is 39.5 Å². The number of esters is 1. The zero-order valence-electron chi connectivity index (χ0n) is 9.61. The Labute approximate surface area is 95.2 Å². The molecule has 0 aliphatic rings. The van der Waals surface area contributed by atoms with E-state index < -0.39 is 11.8 Å². The maximum absolute atomic E-state index is 11.6. The molecule has 0 aromatic heterocycles. The van der Waals surface area contributed by atoms with Crippen LogP contribution in [0.1, 0.15) is 6.92 Å². The summed E-state index contributed by atoms with van der Waals surface area (Å²) in [5.74, 6) is -2.09. The molecule has 16 heavy (non-hydrogen) atoms. The molecule has 0 saturated carbocycles. The number of rotatable bonds is 9. The molecule has 0 radical (unpaired) electrons. The summed E-state index contributed by atoms with van der Waals surface area (Å²) in [5.41, 5.74) is 15.8. The lowest BCUT2D eigenvalue weighted by Crippen LogP contribution is -2.45. The van der Waals surface area contributed by atoms with E-state index in [1.54, 1.807) is 0 Å². The van der Waals surface area contributed by atoms with Crippen LogP contribution >= 0.6 is 0 Å². The van der Waals surface area contributed by atoms with Gasteiger partial charge in [-0.2, -0.15) is 0 Å². The summed E-state index contributed by atoms with van der Waals surface area (Å²) in [6.07, 6.45) is 0. The fourth-order valence-corrected chi connectivity index (χ4v) is 0.950. The highest BCUT2D eigenvalue weighted by Crippen LogP contribution is 2.14. The predicted octanol–water partition coefficient (Wildman–Crippen LogP) is -1.84. The van der Waals surface area contributed by atoms with E-state index in [9.17, 15) is 4.79 Å². The molecule has 6 N–H and O–H groups in total. The molecule has 0 aromatic rings. The summed E-state index contributed by atoms with van der Waals surface area (Å²) in [6, 6.07) is 0. The van der Waals surface area contributed by atoms with Gasteiger partial charge in [-0.25, -0.2) is 4.79 Å². The molecule has 7 heteroatoms. The summed E-state index contributed by atoms with van der Waals surface area (Å²) < 4.78 is 15.3. The maximum Gasteiger partial charge on any atom is 0.366 e. The maximum atomic E-state index is 11.6. The van der Waals surface area contributed by atoms with Gasteiger partial charge in [0.1, 0.15) is 6.61 Å². The van der Waals surface area contributed by atoms with E-state index in [1.165, 1.54) is 6.92 Å². The van der Waals surface area contributed by atoms with Gasteiger partial charge in [0.2, 0.25) is 0 Å². The van der Waals surface area contributed by atoms with E-state index in [1.807, 2.05) is 0 Å². The number of hydrogen-bond acceptors (Lipinski definition) is 7. The summed E-state index contributed by atoms with van der Waals surface area (Å²) in [4.78, 5) is 11.6. The molecule has 0 atom stereocenters. The van der Waals surface area contributed by atoms with Crippen molar-refractivity contribution in [1.82, 2.24) is 0 Å². The van der Waals surface area contributed by atoms with Crippen LogP contribution in [0.3, 0.4) is 0 Å². The topological polar surface area (TPSA) is 123 Å². The second-order valence-electron chi connectivity index (χ2n) is 3.14. The SMILES string of the molecule is CC(OCCN)(OCCN)C(=O)OCCN. The molecule has 0 saturated heterocycles. The normalized spacial score (nSPS) is 11.5. The minimum absolute atomic E-state index is 0.117. The van der Waals surface area contributed by atoms with Crippen molar-refractivity contribution in [3.63, 3.8) is 0 Å². The molecule has 0 unspecified atom stereocenters. The first-order valence-corrected chi connectivity index (χ1v) is 5.16. The van der Waals surface area contributed by atoms with Crippen molar-refractivity contribution in [2.45, 2.75) is 12.7 Å². The highest BCUT2D eigenvalue weighted by molar-refractivity contribution is 5.77. The quantitative estimate of drug-likeness (QED) is 0.317. The second-order valence-corrected chi connectivity index (χ2v) is 3.14. The number of hydrogen-bond donors (Lipinski definition) is 3. The van der Waals surface area contributed by atoms with Crippen molar-refractivity contribution < 1.29 is 19.0 Å². The van der Waals surface area contributed by atoms with Gasteiger partial charge in [0.05, 0.1) is 13.2 Å². The molecule has 0 bridgehead atoms. The first kappa shape index (κ1) is 15.3. The van der Waals surface area contributed by atoms with Crippen molar-refractivity contribution in [3.8, 4) is 0 Å². The van der Waals surface area contributed by atoms with E-state index in [2.05, 4.69) is 0 Å². The van der Waals surface area contributed by atoms with Crippen LogP contribution in [-0.2, 0) is 19.0 Å². The second kappa shape index (κ2) is 8.43. The summed E-state index contributed by atoms with van der Waals surface area (Å²) in [6.45, 7) is 2.79. The zero-order valence-corrected chi connectivity index (χ0v) is 9.61. The zero-order chi connectivity index (χ0) is 12.4. The van der Waals surface area contributed by atoms with Crippen LogP contribution in [0, 0.1) is 0 Å². The third-order valence-electron chi connectivity index (χ3n) is 1.71. The van der Waals surface area contributed by atoms with Crippen molar-refractivity contribution in [3.05, 3.63) is 0 Å². The Kier molecular flexibility index (Phi) is 8.04. The largest absolute Gasteiger partial charge is 0.460 e. The molecule has 0 spiro atoms. The van der Waals surface area contributed by atoms with E-state index in [0.29, 0.717) is 0 Å². The smallest absolute Gasteiger partial charge is 0.366 e. The molecular weight excluding hydrogens is 214 g/mol. The average Bonchev–Trinajstić information content (AvgIpc) is 2.30. The predicted molar refractivity (Wildman–Crippen MR) is 58.4 cm³/mol. The minimum atomic E-state index is -1.46. The number of ether oxygens (including phenoxy) is 3. The van der Waals surface area contributed by atoms with Crippen LogP contribution in [0.25, 0.3) is 0 Å². The van der Waals surface area contributed by atoms with Crippen molar-refractivity contribution in [2.75, 3.05) is 39.5 Å². The van der Waals surface area contributed by atoms with E-state index in [4.69, 9.17) is 31.4 Å². The van der Waals surface area contributed by atoms with Crippen LogP contribution in [0.5, 0.6) is 0 Å². The van der Waals surface area contributed by atoms with Gasteiger partial charge in [-0.1, -0.05) is 0 Å². The fraction of sp³-hybridized carbons (Fsp3) is 0.889. The van der Waals surface area contributed by atoms with Crippen molar-refractivity contribution in [2.24, 2.45) is 17.2 Å². The third kappa shape index (κ3) is 5.38. The Bertz CT molecular complexity index is 193. The lowest BCUT2D eigenvalue weighted by atomic mass is 10.3. The van der Waals surface area contributed by atoms with Gasteiger partial charge in [-0.3, -0.25) is 0 Å². The van der Waals surface area contributed by atoms with Crippen LogP contribution in [0.2, 0.25) is 0 Å². The minimum Gasteiger partial charge on any atom is -0.460 e. The van der Waals surface area contributed by atoms with Crippen LogP contribution < -0.4 is 17.2 Å². The Balaban J connectivity index is 4.30. The van der Waals surface area contributed by atoms with Gasteiger partial charge in [0.15, 0.2) is 0 Å². The average molecular weight is 235 g/mol. The molecule has 96 valence electrons. The monoisotopic (exact) mass is 235 g/mol. The van der Waals surface area contributed by atoms with Crippen LogP contribution in [0.15, 0.2) is 0 Å². The van der Waals surface area contributed by atoms with Crippen LogP contribution in [-0.4, -0.2) is 51.2 Å². The Morgan fingerprint density at radius 1 is 1.00 bits per heavy atom. The molecular formula is C9H21N3O4. The highest BCUT2D eigenvalue weighted by atomic mass is 16.7. The Morgan fingerprint density at radius 3 is 1.81 bits per heavy atom. The highest BCUT2D eigenvalue weighted by Gasteiger charge is 2.37. The molecule has 0 amide bonds. The van der Waals surface area contributed by atoms with Crippen LogP contribution in [0.4, 0.5) is 0 Å². The standard InChI is InChI=1S/C9H21N3O4/c1-9(15-6-3-11,16-7-4-12)8(13)14-5-2-10/h2-7,10-12H2,1H3. The molecule has 7 nitrogen and oxygen atoms in total. The lowest BCUT2D eigenvalue weighted by Gasteiger charge is -2.27. The molecule has 0 heterocycles. The van der Waals surface area contributed by atoms with Gasteiger partial charge in [0, 0.05) is 26.6 Å². The summed E-state index contributed by atoms with van der Waals surface area (Å²) in [7, 11) is 0. The van der Waals surface area contributed by atoms with Gasteiger partial charge in [0.25, 0.3) is 5.79 Å². The van der Waals surface area contributed by atoms with Gasteiger partial charge < -0.3 is 31.4 Å². The number of carbonyl (C=O) groups excluding carboxylic acids is 1. The Hall–Kier alpha value is -0.730. The first-order chi connectivity index (χ1) is 7.60. The molecule has 0 aromatic carbocycles.